The normalized spacial score (nSPS) is 13.0. The molecule has 13 nitrogen and oxygen atoms in total. The molecule has 0 saturated heterocycles. The van der Waals surface area contributed by atoms with Gasteiger partial charge in [-0.3, -0.25) is 24.1 Å². The third-order valence-electron chi connectivity index (χ3n) is 8.19. The number of carbonyl (C=O) groups is 5. The van der Waals surface area contributed by atoms with E-state index in [1.807, 2.05) is 45.2 Å². The number of anilines is 1. The van der Waals surface area contributed by atoms with Gasteiger partial charge in [0.1, 0.15) is 24.1 Å². The molecule has 0 aliphatic heterocycles. The van der Waals surface area contributed by atoms with Gasteiger partial charge in [0, 0.05) is 48.0 Å². The van der Waals surface area contributed by atoms with Crippen LogP contribution in [0.2, 0.25) is 0 Å². The fraction of sp³-hybridized carbons (Fsp3) is 0.472. The molecule has 1 heterocycles. The fourth-order valence-electron chi connectivity index (χ4n) is 5.32. The van der Waals surface area contributed by atoms with E-state index in [-0.39, 0.29) is 36.8 Å². The zero-order chi connectivity index (χ0) is 37.2. The summed E-state index contributed by atoms with van der Waals surface area (Å²) in [6, 6.07) is 10.9. The Kier molecular flexibility index (Phi) is 17.9. The number of para-hydroxylation sites is 1. The van der Waals surface area contributed by atoms with E-state index in [1.165, 1.54) is 17.0 Å². The van der Waals surface area contributed by atoms with E-state index in [0.29, 0.717) is 48.1 Å². The first-order chi connectivity index (χ1) is 24.6. The number of hydrogen-bond acceptors (Lipinski definition) is 10. The van der Waals surface area contributed by atoms with Gasteiger partial charge < -0.3 is 41.9 Å². The van der Waals surface area contributed by atoms with E-state index in [0.717, 1.165) is 17.8 Å². The molecular weight excluding hydrogens is 691 g/mol. The van der Waals surface area contributed by atoms with Gasteiger partial charge in [0.15, 0.2) is 0 Å². The van der Waals surface area contributed by atoms with Crippen molar-refractivity contribution in [2.75, 3.05) is 43.1 Å². The van der Waals surface area contributed by atoms with Crippen molar-refractivity contribution in [2.45, 2.75) is 64.1 Å². The van der Waals surface area contributed by atoms with Gasteiger partial charge >= 0.3 is 0 Å². The first-order valence-electron chi connectivity index (χ1n) is 17.2. The Morgan fingerprint density at radius 3 is 2.39 bits per heavy atom. The number of rotatable bonds is 23. The number of nitrogens with one attached hydrogen (secondary N) is 5. The minimum Gasteiger partial charge on any atom is -0.508 e. The third-order valence-corrected chi connectivity index (χ3v) is 10.6. The van der Waals surface area contributed by atoms with Crippen molar-refractivity contribution in [3.63, 3.8) is 0 Å². The number of nitrogens with zero attached hydrogens (tertiary/aromatic N) is 1. The van der Waals surface area contributed by atoms with Crippen LogP contribution in [0.5, 0.6) is 5.75 Å². The molecular formula is C36H51N7O6S2. The monoisotopic (exact) mass is 741 g/mol. The Morgan fingerprint density at radius 1 is 0.980 bits per heavy atom. The maximum atomic E-state index is 14.2. The molecule has 3 atom stereocenters. The average molecular weight is 742 g/mol. The molecule has 0 aliphatic rings. The van der Waals surface area contributed by atoms with Crippen LogP contribution in [-0.2, 0) is 30.4 Å². The van der Waals surface area contributed by atoms with Gasteiger partial charge in [-0.15, -0.1) is 0 Å². The standard InChI is InChI=1S/C36H51N7O6S2/c1-24(2)30(23-44)42-36(49)31(10-6-7-16-37)43(32-21-39-28-9-5-4-8-27(28)32)34(47)22-40-35(48)29(20-25-11-13-26(45)14-12-25)41-33(46)15-18-50-51-19-17-38-3/h4-5,8-9,11-14,21,23-24,29-31,38-39,45H,6-7,10,15-20,22,37H2,1-3H3,(H,40,48)(H,41,46)(H,42,49)/t29-,30+,31-/m0/s1. The summed E-state index contributed by atoms with van der Waals surface area (Å²) in [4.78, 5) is 71.1. The molecule has 3 aromatic rings. The topological polar surface area (TPSA) is 199 Å². The Hall–Kier alpha value is -4.05. The second-order valence-corrected chi connectivity index (χ2v) is 15.1. The second-order valence-electron chi connectivity index (χ2n) is 12.4. The molecule has 0 aliphatic carbocycles. The molecule has 3 rings (SSSR count). The van der Waals surface area contributed by atoms with Crippen LogP contribution >= 0.6 is 21.6 Å². The Balaban J connectivity index is 1.86. The Labute approximate surface area is 307 Å². The summed E-state index contributed by atoms with van der Waals surface area (Å²) >= 11 is 0. The smallest absolute Gasteiger partial charge is 0.247 e. The number of carbonyl (C=O) groups excluding carboxylic acids is 5. The number of benzene rings is 2. The van der Waals surface area contributed by atoms with E-state index in [2.05, 4.69) is 26.3 Å². The Morgan fingerprint density at radius 2 is 1.71 bits per heavy atom. The number of hydrogen-bond donors (Lipinski definition) is 7. The lowest BCUT2D eigenvalue weighted by Crippen LogP contribution is -2.56. The molecule has 0 bridgehead atoms. The number of fused-ring (bicyclic) bond motifs is 1. The lowest BCUT2D eigenvalue weighted by atomic mass is 10.0. The minimum atomic E-state index is -1.02. The largest absolute Gasteiger partial charge is 0.508 e. The predicted molar refractivity (Wildman–Crippen MR) is 206 cm³/mol. The van der Waals surface area contributed by atoms with Crippen molar-refractivity contribution in [3.05, 3.63) is 60.3 Å². The number of aromatic amines is 1. The highest BCUT2D eigenvalue weighted by atomic mass is 33.1. The second kappa shape index (κ2) is 22.0. The van der Waals surface area contributed by atoms with E-state index < -0.39 is 42.4 Å². The molecule has 0 radical (unpaired) electrons. The van der Waals surface area contributed by atoms with Crippen molar-refractivity contribution in [2.24, 2.45) is 11.7 Å². The first kappa shape index (κ1) is 41.4. The zero-order valence-corrected chi connectivity index (χ0v) is 31.1. The maximum Gasteiger partial charge on any atom is 0.247 e. The summed E-state index contributed by atoms with van der Waals surface area (Å²) in [6.45, 7) is 4.41. The number of unbranched alkanes of at least 4 members (excludes halogenated alkanes) is 1. The number of nitrogens with two attached hydrogens (primary N) is 1. The van der Waals surface area contributed by atoms with Crippen LogP contribution in [0.25, 0.3) is 10.9 Å². The van der Waals surface area contributed by atoms with Gasteiger partial charge in [-0.2, -0.15) is 0 Å². The summed E-state index contributed by atoms with van der Waals surface area (Å²) in [7, 11) is 5.10. The van der Waals surface area contributed by atoms with Crippen molar-refractivity contribution >= 4 is 68.1 Å². The summed E-state index contributed by atoms with van der Waals surface area (Å²) in [5.74, 6) is -0.606. The number of phenolic OH excluding ortho intramolecular Hbond substituents is 1. The van der Waals surface area contributed by atoms with Gasteiger partial charge in [-0.1, -0.05) is 65.8 Å². The molecule has 4 amide bonds. The van der Waals surface area contributed by atoms with Crippen molar-refractivity contribution in [1.29, 1.82) is 0 Å². The molecule has 0 fully saturated rings. The highest BCUT2D eigenvalue weighted by Gasteiger charge is 2.34. The van der Waals surface area contributed by atoms with Crippen molar-refractivity contribution in [1.82, 2.24) is 26.3 Å². The van der Waals surface area contributed by atoms with Gasteiger partial charge in [-0.25, -0.2) is 0 Å². The van der Waals surface area contributed by atoms with Crippen molar-refractivity contribution < 1.29 is 29.1 Å². The lowest BCUT2D eigenvalue weighted by Gasteiger charge is -2.32. The lowest BCUT2D eigenvalue weighted by molar-refractivity contribution is -0.130. The van der Waals surface area contributed by atoms with E-state index in [1.54, 1.807) is 39.9 Å². The molecule has 0 unspecified atom stereocenters. The number of aromatic hydroxyl groups is 1. The minimum absolute atomic E-state index is 0.0671. The summed E-state index contributed by atoms with van der Waals surface area (Å²) < 4.78 is 0. The SMILES string of the molecule is CNCCSSCCC(=O)N[C@@H](Cc1ccc(O)cc1)C(=O)NCC(=O)N(c1c[nH]c2ccccc12)[C@@H](CCCCN)C(=O)N[C@H](C=O)C(C)C. The van der Waals surface area contributed by atoms with Crippen molar-refractivity contribution in [3.8, 4) is 5.75 Å². The predicted octanol–water partition coefficient (Wildman–Crippen LogP) is 2.88. The number of aldehydes is 1. The zero-order valence-electron chi connectivity index (χ0n) is 29.5. The molecule has 8 N–H and O–H groups in total. The molecule has 1 aromatic heterocycles. The van der Waals surface area contributed by atoms with E-state index in [4.69, 9.17) is 5.73 Å². The van der Waals surface area contributed by atoms with Crippen LogP contribution in [0.15, 0.2) is 54.7 Å². The van der Waals surface area contributed by atoms with Gasteiger partial charge in [0.25, 0.3) is 0 Å². The van der Waals surface area contributed by atoms with Crippen LogP contribution < -0.4 is 31.9 Å². The summed E-state index contributed by atoms with van der Waals surface area (Å²) in [5, 5.41) is 21.8. The van der Waals surface area contributed by atoms with E-state index >= 15 is 0 Å². The van der Waals surface area contributed by atoms with Crippen LogP contribution in [0.1, 0.15) is 45.1 Å². The summed E-state index contributed by atoms with van der Waals surface area (Å²) in [6.07, 6.45) is 4.06. The van der Waals surface area contributed by atoms with Gasteiger partial charge in [0.2, 0.25) is 23.6 Å². The molecule has 15 heteroatoms. The quantitative estimate of drug-likeness (QED) is 0.0431. The van der Waals surface area contributed by atoms with Gasteiger partial charge in [0.05, 0.1) is 18.3 Å². The Bertz CT molecular complexity index is 1570. The van der Waals surface area contributed by atoms with Crippen LogP contribution in [0, 0.1) is 5.92 Å². The fourth-order valence-corrected chi connectivity index (χ4v) is 7.32. The highest BCUT2D eigenvalue weighted by molar-refractivity contribution is 8.76. The summed E-state index contributed by atoms with van der Waals surface area (Å²) in [5.41, 5.74) is 7.66. The van der Waals surface area contributed by atoms with Gasteiger partial charge in [-0.05, 0) is 62.5 Å². The molecule has 2 aromatic carbocycles. The average Bonchev–Trinajstić information content (AvgIpc) is 3.54. The highest BCUT2D eigenvalue weighted by Crippen LogP contribution is 2.30. The first-order valence-corrected chi connectivity index (χ1v) is 19.7. The maximum absolute atomic E-state index is 14.2. The number of aromatic nitrogens is 1. The third kappa shape index (κ3) is 13.2. The van der Waals surface area contributed by atoms with Crippen LogP contribution in [0.4, 0.5) is 5.69 Å². The number of H-pyrrole nitrogens is 1. The molecule has 51 heavy (non-hydrogen) atoms. The molecule has 0 spiro atoms. The number of phenols is 1. The van der Waals surface area contributed by atoms with Crippen LogP contribution in [0.3, 0.4) is 0 Å². The molecule has 278 valence electrons. The van der Waals surface area contributed by atoms with Crippen LogP contribution in [-0.4, -0.2) is 96.3 Å². The van der Waals surface area contributed by atoms with E-state index in [9.17, 15) is 29.1 Å². The molecule has 0 saturated carbocycles. The number of amides is 4.